The van der Waals surface area contributed by atoms with Crippen LogP contribution in [-0.2, 0) is 14.6 Å². The zero-order valence-electron chi connectivity index (χ0n) is 12.5. The molecule has 3 unspecified atom stereocenters. The quantitative estimate of drug-likeness (QED) is 0.695. The second kappa shape index (κ2) is 8.22. The van der Waals surface area contributed by atoms with Crippen LogP contribution in [0.2, 0.25) is 0 Å². The lowest BCUT2D eigenvalue weighted by atomic mass is 9.82. The van der Waals surface area contributed by atoms with Crippen molar-refractivity contribution in [2.45, 2.75) is 57.2 Å². The molecule has 1 aliphatic rings. The van der Waals surface area contributed by atoms with Crippen LogP contribution in [0.25, 0.3) is 0 Å². The van der Waals surface area contributed by atoms with E-state index in [0.717, 1.165) is 51.9 Å². The maximum Gasteiger partial charge on any atom is 0.150 e. The lowest BCUT2D eigenvalue weighted by Crippen LogP contribution is -2.41. The molecule has 4 nitrogen and oxygen atoms in total. The van der Waals surface area contributed by atoms with Crippen molar-refractivity contribution >= 4 is 9.84 Å². The standard InChI is InChI=1S/C14H29NO3S/c1-4-15-14(9-10-18-5-2)12-7-6-8-13(11-12)19(3,16)17/h12-15H,4-11H2,1-3H3. The summed E-state index contributed by atoms with van der Waals surface area (Å²) >= 11 is 0. The number of ether oxygens (including phenoxy) is 1. The Kier molecular flexibility index (Phi) is 7.32. The molecule has 1 N–H and O–H groups in total. The van der Waals surface area contributed by atoms with Crippen LogP contribution in [0.1, 0.15) is 46.0 Å². The van der Waals surface area contributed by atoms with E-state index in [-0.39, 0.29) is 5.25 Å². The van der Waals surface area contributed by atoms with Gasteiger partial charge < -0.3 is 10.1 Å². The van der Waals surface area contributed by atoms with Crippen molar-refractivity contribution in [2.75, 3.05) is 26.0 Å². The van der Waals surface area contributed by atoms with Crippen molar-refractivity contribution < 1.29 is 13.2 Å². The van der Waals surface area contributed by atoms with Gasteiger partial charge in [-0.3, -0.25) is 0 Å². The van der Waals surface area contributed by atoms with Gasteiger partial charge in [0, 0.05) is 25.5 Å². The number of rotatable bonds is 8. The Morgan fingerprint density at radius 1 is 1.32 bits per heavy atom. The largest absolute Gasteiger partial charge is 0.382 e. The summed E-state index contributed by atoms with van der Waals surface area (Å²) in [5.74, 6) is 0.467. The van der Waals surface area contributed by atoms with Gasteiger partial charge in [0.1, 0.15) is 9.84 Å². The van der Waals surface area contributed by atoms with Gasteiger partial charge >= 0.3 is 0 Å². The number of sulfone groups is 1. The molecule has 1 saturated carbocycles. The average Bonchev–Trinajstić information content (AvgIpc) is 2.37. The highest BCUT2D eigenvalue weighted by Crippen LogP contribution is 2.31. The second-order valence-electron chi connectivity index (χ2n) is 5.53. The predicted molar refractivity (Wildman–Crippen MR) is 79.2 cm³/mol. The smallest absolute Gasteiger partial charge is 0.150 e. The van der Waals surface area contributed by atoms with Crippen LogP contribution in [0.15, 0.2) is 0 Å². The first-order valence-corrected chi connectivity index (χ1v) is 9.44. The molecule has 0 aromatic heterocycles. The van der Waals surface area contributed by atoms with Crippen molar-refractivity contribution in [3.8, 4) is 0 Å². The molecule has 0 spiro atoms. The molecule has 114 valence electrons. The highest BCUT2D eigenvalue weighted by atomic mass is 32.2. The van der Waals surface area contributed by atoms with Gasteiger partial charge in [-0.1, -0.05) is 13.3 Å². The topological polar surface area (TPSA) is 55.4 Å². The van der Waals surface area contributed by atoms with Crippen LogP contribution in [0.4, 0.5) is 0 Å². The van der Waals surface area contributed by atoms with Gasteiger partial charge in [-0.15, -0.1) is 0 Å². The summed E-state index contributed by atoms with van der Waals surface area (Å²) in [7, 11) is -2.89. The summed E-state index contributed by atoms with van der Waals surface area (Å²) in [4.78, 5) is 0. The van der Waals surface area contributed by atoms with Gasteiger partial charge in [-0.25, -0.2) is 8.42 Å². The van der Waals surface area contributed by atoms with Gasteiger partial charge in [0.25, 0.3) is 0 Å². The van der Waals surface area contributed by atoms with Crippen LogP contribution in [0.5, 0.6) is 0 Å². The van der Waals surface area contributed by atoms with E-state index in [0.29, 0.717) is 12.0 Å². The predicted octanol–water partition coefficient (Wildman–Crippen LogP) is 1.99. The molecule has 1 aliphatic carbocycles. The lowest BCUT2D eigenvalue weighted by Gasteiger charge is -2.34. The summed E-state index contributed by atoms with van der Waals surface area (Å²) in [5, 5.41) is 3.37. The molecule has 0 bridgehead atoms. The summed E-state index contributed by atoms with van der Waals surface area (Å²) in [6.07, 6.45) is 6.16. The minimum Gasteiger partial charge on any atom is -0.382 e. The van der Waals surface area contributed by atoms with E-state index < -0.39 is 9.84 Å². The molecule has 5 heteroatoms. The molecular formula is C14H29NO3S. The van der Waals surface area contributed by atoms with E-state index in [4.69, 9.17) is 4.74 Å². The fraction of sp³-hybridized carbons (Fsp3) is 1.00. The molecule has 1 rings (SSSR count). The summed E-state index contributed by atoms with van der Waals surface area (Å²) in [5.41, 5.74) is 0. The van der Waals surface area contributed by atoms with Gasteiger partial charge in [0.05, 0.1) is 5.25 Å². The van der Waals surface area contributed by atoms with E-state index >= 15 is 0 Å². The third-order valence-corrected chi connectivity index (χ3v) is 5.72. The maximum absolute atomic E-state index is 11.7. The molecular weight excluding hydrogens is 262 g/mol. The fourth-order valence-corrected chi connectivity index (χ4v) is 4.25. The minimum absolute atomic E-state index is 0.139. The molecule has 0 aromatic rings. The molecule has 1 fully saturated rings. The molecule has 0 radical (unpaired) electrons. The van der Waals surface area contributed by atoms with Gasteiger partial charge in [-0.2, -0.15) is 0 Å². The first-order chi connectivity index (χ1) is 8.99. The fourth-order valence-electron chi connectivity index (χ4n) is 3.06. The number of hydrogen-bond acceptors (Lipinski definition) is 4. The van der Waals surface area contributed by atoms with Crippen LogP contribution in [0, 0.1) is 5.92 Å². The minimum atomic E-state index is -2.89. The first kappa shape index (κ1) is 16.9. The van der Waals surface area contributed by atoms with Crippen molar-refractivity contribution in [1.82, 2.24) is 5.32 Å². The second-order valence-corrected chi connectivity index (χ2v) is 7.85. The Balaban J connectivity index is 2.57. The van der Waals surface area contributed by atoms with Crippen LogP contribution in [0.3, 0.4) is 0 Å². The third-order valence-electron chi connectivity index (χ3n) is 4.08. The highest BCUT2D eigenvalue weighted by molar-refractivity contribution is 7.91. The van der Waals surface area contributed by atoms with Gasteiger partial charge in [0.15, 0.2) is 0 Å². The maximum atomic E-state index is 11.7. The summed E-state index contributed by atoms with van der Waals surface area (Å²) in [6.45, 7) is 6.54. The SMILES string of the molecule is CCNC(CCOCC)C1CCCC(S(C)(=O)=O)C1. The van der Waals surface area contributed by atoms with Gasteiger partial charge in [-0.05, 0) is 45.1 Å². The summed E-state index contributed by atoms with van der Waals surface area (Å²) < 4.78 is 28.9. The Morgan fingerprint density at radius 3 is 2.63 bits per heavy atom. The van der Waals surface area contributed by atoms with Crippen molar-refractivity contribution in [3.05, 3.63) is 0 Å². The van der Waals surface area contributed by atoms with Crippen molar-refractivity contribution in [3.63, 3.8) is 0 Å². The summed E-state index contributed by atoms with van der Waals surface area (Å²) in [6, 6.07) is 0.390. The zero-order chi connectivity index (χ0) is 14.3. The lowest BCUT2D eigenvalue weighted by molar-refractivity contribution is 0.123. The molecule has 19 heavy (non-hydrogen) atoms. The Morgan fingerprint density at radius 2 is 2.05 bits per heavy atom. The van der Waals surface area contributed by atoms with Crippen molar-refractivity contribution in [2.24, 2.45) is 5.92 Å². The van der Waals surface area contributed by atoms with E-state index in [1.165, 1.54) is 6.26 Å². The highest BCUT2D eigenvalue weighted by Gasteiger charge is 2.32. The first-order valence-electron chi connectivity index (χ1n) is 7.49. The molecule has 0 aromatic carbocycles. The molecule has 3 atom stereocenters. The molecule has 0 amide bonds. The molecule has 0 aliphatic heterocycles. The Labute approximate surface area is 118 Å². The Hall–Kier alpha value is -0.130. The Bertz CT molecular complexity index is 343. The number of nitrogens with one attached hydrogen (secondary N) is 1. The molecule has 0 saturated heterocycles. The van der Waals surface area contributed by atoms with E-state index in [9.17, 15) is 8.42 Å². The average molecular weight is 291 g/mol. The van der Waals surface area contributed by atoms with Crippen molar-refractivity contribution in [1.29, 1.82) is 0 Å². The van der Waals surface area contributed by atoms with E-state index in [1.807, 2.05) is 6.92 Å². The van der Waals surface area contributed by atoms with E-state index in [1.54, 1.807) is 0 Å². The third kappa shape index (κ3) is 5.79. The normalized spacial score (nSPS) is 26.3. The van der Waals surface area contributed by atoms with Crippen LogP contribution < -0.4 is 5.32 Å². The van der Waals surface area contributed by atoms with E-state index in [2.05, 4.69) is 12.2 Å². The van der Waals surface area contributed by atoms with Gasteiger partial charge in [0.2, 0.25) is 0 Å². The number of hydrogen-bond donors (Lipinski definition) is 1. The monoisotopic (exact) mass is 291 g/mol. The van der Waals surface area contributed by atoms with Crippen LogP contribution in [-0.4, -0.2) is 45.7 Å². The van der Waals surface area contributed by atoms with Crippen LogP contribution >= 0.6 is 0 Å². The zero-order valence-corrected chi connectivity index (χ0v) is 13.3. The molecule has 0 heterocycles.